The Hall–Kier alpha value is -3.16. The van der Waals surface area contributed by atoms with Gasteiger partial charge in [0.25, 0.3) is 5.91 Å². The van der Waals surface area contributed by atoms with Crippen LogP contribution in [0.1, 0.15) is 34.5 Å². The van der Waals surface area contributed by atoms with E-state index >= 15 is 0 Å². The van der Waals surface area contributed by atoms with Gasteiger partial charge in [-0.1, -0.05) is 55.5 Å². The highest BCUT2D eigenvalue weighted by Gasteiger charge is 2.20. The molecule has 1 unspecified atom stereocenters. The second kappa shape index (κ2) is 9.56. The molecule has 0 aromatic heterocycles. The van der Waals surface area contributed by atoms with Crippen LogP contribution in [0.2, 0.25) is 0 Å². The van der Waals surface area contributed by atoms with E-state index in [1.807, 2.05) is 54.6 Å². The number of hydrogen-bond acceptors (Lipinski definition) is 4. The molecule has 0 aliphatic carbocycles. The van der Waals surface area contributed by atoms with Crippen LogP contribution in [0.5, 0.6) is 5.75 Å². The molecule has 3 rings (SSSR count). The van der Waals surface area contributed by atoms with Crippen LogP contribution in [0.25, 0.3) is 0 Å². The number of methoxy groups -OCH3 is 1. The van der Waals surface area contributed by atoms with E-state index in [1.165, 1.54) is 12.1 Å². The van der Waals surface area contributed by atoms with Crippen molar-refractivity contribution in [3.05, 3.63) is 95.6 Å². The van der Waals surface area contributed by atoms with Crippen molar-refractivity contribution in [3.63, 3.8) is 0 Å². The Balaban J connectivity index is 1.92. The molecule has 156 valence electrons. The highest BCUT2D eigenvalue weighted by atomic mass is 32.2. The monoisotopic (exact) mass is 424 g/mol. The largest absolute Gasteiger partial charge is 0.497 e. The summed E-state index contributed by atoms with van der Waals surface area (Å²) in [6.45, 7) is 1.97. The predicted molar refractivity (Wildman–Crippen MR) is 116 cm³/mol. The molecule has 2 N–H and O–H groups in total. The fourth-order valence-corrected chi connectivity index (χ4v) is 4.18. The van der Waals surface area contributed by atoms with Crippen LogP contribution >= 0.6 is 0 Å². The van der Waals surface area contributed by atoms with E-state index in [4.69, 9.17) is 4.74 Å². The first-order valence-corrected chi connectivity index (χ1v) is 11.0. The molecule has 0 radical (unpaired) electrons. The Labute approximate surface area is 177 Å². The van der Waals surface area contributed by atoms with Gasteiger partial charge in [-0.25, -0.2) is 13.1 Å². The lowest BCUT2D eigenvalue weighted by molar-refractivity contribution is 0.0942. The maximum atomic E-state index is 13.0. The van der Waals surface area contributed by atoms with Gasteiger partial charge in [-0.05, 0) is 41.5 Å². The summed E-state index contributed by atoms with van der Waals surface area (Å²) < 4.78 is 32.2. The molecule has 0 saturated heterocycles. The zero-order valence-corrected chi connectivity index (χ0v) is 17.6. The molecular weight excluding hydrogens is 400 g/mol. The molecule has 6 nitrogen and oxygen atoms in total. The van der Waals surface area contributed by atoms with Crippen LogP contribution in [0.4, 0.5) is 0 Å². The fraction of sp³-hybridized carbons (Fsp3) is 0.174. The van der Waals surface area contributed by atoms with Gasteiger partial charge in [0.1, 0.15) is 5.75 Å². The summed E-state index contributed by atoms with van der Waals surface area (Å²) in [4.78, 5) is 13.1. The number of hydrogen-bond donors (Lipinski definition) is 2. The summed E-state index contributed by atoms with van der Waals surface area (Å²) in [5, 5.41) is 3.02. The van der Waals surface area contributed by atoms with Crippen LogP contribution in [-0.4, -0.2) is 28.0 Å². The van der Waals surface area contributed by atoms with Crippen molar-refractivity contribution in [1.82, 2.24) is 10.0 Å². The third-order valence-electron chi connectivity index (χ3n) is 4.60. The minimum absolute atomic E-state index is 0.0534. The molecule has 0 saturated carbocycles. The zero-order chi connectivity index (χ0) is 21.6. The van der Waals surface area contributed by atoms with Gasteiger partial charge in [-0.2, -0.15) is 0 Å². The third-order valence-corrected chi connectivity index (χ3v) is 6.14. The standard InChI is InChI=1S/C23H24N2O4S/c1-3-24-30(27,28)21-11-7-10-19(16-21)23(26)25-22(17-8-5-4-6-9-17)18-12-14-20(29-2)15-13-18/h4-16,22,24H,3H2,1-2H3,(H,25,26). The summed E-state index contributed by atoms with van der Waals surface area (Å²) in [6, 6.07) is 22.6. The second-order valence-corrected chi connectivity index (χ2v) is 8.39. The topological polar surface area (TPSA) is 84.5 Å². The average Bonchev–Trinajstić information content (AvgIpc) is 2.78. The molecular formula is C23H24N2O4S. The highest BCUT2D eigenvalue weighted by Crippen LogP contribution is 2.25. The van der Waals surface area contributed by atoms with Gasteiger partial charge in [0.15, 0.2) is 0 Å². The average molecular weight is 425 g/mol. The molecule has 0 heterocycles. The number of rotatable bonds is 8. The first-order chi connectivity index (χ1) is 14.4. The van der Waals surface area contributed by atoms with E-state index in [9.17, 15) is 13.2 Å². The van der Waals surface area contributed by atoms with Gasteiger partial charge in [0.05, 0.1) is 18.0 Å². The van der Waals surface area contributed by atoms with Gasteiger partial charge >= 0.3 is 0 Å². The van der Waals surface area contributed by atoms with Gasteiger partial charge in [-0.3, -0.25) is 4.79 Å². The predicted octanol–water partition coefficient (Wildman–Crippen LogP) is 3.51. The Morgan fingerprint density at radius 2 is 1.60 bits per heavy atom. The van der Waals surface area contributed by atoms with E-state index in [1.54, 1.807) is 26.2 Å². The van der Waals surface area contributed by atoms with E-state index in [0.29, 0.717) is 0 Å². The third kappa shape index (κ3) is 5.06. The van der Waals surface area contributed by atoms with Gasteiger partial charge in [-0.15, -0.1) is 0 Å². The van der Waals surface area contributed by atoms with Gasteiger partial charge in [0, 0.05) is 12.1 Å². The number of carbonyl (C=O) groups excluding carboxylic acids is 1. The summed E-state index contributed by atoms with van der Waals surface area (Å²) in [6.07, 6.45) is 0. The molecule has 1 atom stereocenters. The van der Waals surface area contributed by atoms with E-state index in [0.717, 1.165) is 16.9 Å². The normalized spacial score (nSPS) is 12.2. The zero-order valence-electron chi connectivity index (χ0n) is 16.8. The van der Waals surface area contributed by atoms with Crippen LogP contribution in [-0.2, 0) is 10.0 Å². The van der Waals surface area contributed by atoms with Crippen LogP contribution in [0, 0.1) is 0 Å². The summed E-state index contributed by atoms with van der Waals surface area (Å²) >= 11 is 0. The van der Waals surface area contributed by atoms with Gasteiger partial charge < -0.3 is 10.1 Å². The SMILES string of the molecule is CCNS(=O)(=O)c1cccc(C(=O)NC(c2ccccc2)c2ccc(OC)cc2)c1. The van der Waals surface area contributed by atoms with Crippen molar-refractivity contribution < 1.29 is 17.9 Å². The smallest absolute Gasteiger partial charge is 0.252 e. The van der Waals surface area contributed by atoms with Crippen LogP contribution < -0.4 is 14.8 Å². The van der Waals surface area contributed by atoms with Crippen molar-refractivity contribution in [1.29, 1.82) is 0 Å². The molecule has 0 aliphatic rings. The summed E-state index contributed by atoms with van der Waals surface area (Å²) in [7, 11) is -2.05. The second-order valence-electron chi connectivity index (χ2n) is 6.62. The quantitative estimate of drug-likeness (QED) is 0.580. The molecule has 0 fully saturated rings. The highest BCUT2D eigenvalue weighted by molar-refractivity contribution is 7.89. The number of benzene rings is 3. The maximum absolute atomic E-state index is 13.0. The van der Waals surface area contributed by atoms with Crippen molar-refractivity contribution in [2.75, 3.05) is 13.7 Å². The van der Waals surface area contributed by atoms with Crippen molar-refractivity contribution >= 4 is 15.9 Å². The molecule has 0 spiro atoms. The fourth-order valence-electron chi connectivity index (χ4n) is 3.09. The Morgan fingerprint density at radius 1 is 0.933 bits per heavy atom. The van der Waals surface area contributed by atoms with Crippen molar-refractivity contribution in [2.45, 2.75) is 17.9 Å². The lowest BCUT2D eigenvalue weighted by atomic mass is 9.98. The minimum atomic E-state index is -3.65. The van der Waals surface area contributed by atoms with E-state index in [-0.39, 0.29) is 22.9 Å². The molecule has 7 heteroatoms. The van der Waals surface area contributed by atoms with Crippen molar-refractivity contribution in [3.8, 4) is 5.75 Å². The molecule has 30 heavy (non-hydrogen) atoms. The minimum Gasteiger partial charge on any atom is -0.497 e. The first-order valence-electron chi connectivity index (χ1n) is 9.54. The van der Waals surface area contributed by atoms with Crippen LogP contribution in [0.15, 0.2) is 83.8 Å². The molecule has 1 amide bonds. The lowest BCUT2D eigenvalue weighted by Gasteiger charge is -2.20. The number of carbonyl (C=O) groups is 1. The van der Waals surface area contributed by atoms with Crippen molar-refractivity contribution in [2.24, 2.45) is 0 Å². The number of amides is 1. The molecule has 3 aromatic rings. The Morgan fingerprint density at radius 3 is 2.23 bits per heavy atom. The number of nitrogens with one attached hydrogen (secondary N) is 2. The number of ether oxygens (including phenoxy) is 1. The Bertz CT molecular complexity index is 1100. The van der Waals surface area contributed by atoms with E-state index < -0.39 is 16.1 Å². The molecule has 3 aromatic carbocycles. The van der Waals surface area contributed by atoms with E-state index in [2.05, 4.69) is 10.0 Å². The van der Waals surface area contributed by atoms with Crippen LogP contribution in [0.3, 0.4) is 0 Å². The maximum Gasteiger partial charge on any atom is 0.252 e. The lowest BCUT2D eigenvalue weighted by Crippen LogP contribution is -2.30. The summed E-state index contributed by atoms with van der Waals surface area (Å²) in [5.74, 6) is 0.353. The van der Waals surface area contributed by atoms with Gasteiger partial charge in [0.2, 0.25) is 10.0 Å². The molecule has 0 bridgehead atoms. The first kappa shape index (κ1) is 21.5. The Kier molecular flexibility index (Phi) is 6.87. The summed E-state index contributed by atoms with van der Waals surface area (Å²) in [5.41, 5.74) is 2.06. The molecule has 0 aliphatic heterocycles. The number of sulfonamides is 1.